The molecule has 4 heteroatoms. The number of furan rings is 1. The van der Waals surface area contributed by atoms with E-state index in [1.807, 2.05) is 6.26 Å². The third kappa shape index (κ3) is 4.33. The van der Waals surface area contributed by atoms with Gasteiger partial charge in [-0.3, -0.25) is 4.90 Å². The topological polar surface area (TPSA) is 37.6 Å². The second kappa shape index (κ2) is 7.25. The van der Waals surface area contributed by atoms with Crippen LogP contribution in [0.1, 0.15) is 45.4 Å². The Morgan fingerprint density at radius 1 is 1.45 bits per heavy atom. The first-order valence-corrected chi connectivity index (χ1v) is 7.73. The quantitative estimate of drug-likeness (QED) is 0.869. The summed E-state index contributed by atoms with van der Waals surface area (Å²) in [6, 6.07) is 3.17. The molecule has 0 saturated carbocycles. The largest absolute Gasteiger partial charge is 0.468 e. The van der Waals surface area contributed by atoms with E-state index in [1.54, 1.807) is 0 Å². The lowest BCUT2D eigenvalue weighted by atomic mass is 10.1. The molecule has 2 heterocycles. The van der Waals surface area contributed by atoms with Crippen molar-refractivity contribution in [3.8, 4) is 0 Å². The van der Waals surface area contributed by atoms with E-state index < -0.39 is 0 Å². The third-order valence-electron chi connectivity index (χ3n) is 3.83. The fourth-order valence-electron chi connectivity index (χ4n) is 2.61. The average molecular weight is 280 g/mol. The van der Waals surface area contributed by atoms with Gasteiger partial charge in [0.1, 0.15) is 5.76 Å². The van der Waals surface area contributed by atoms with Gasteiger partial charge < -0.3 is 14.5 Å². The fourth-order valence-corrected chi connectivity index (χ4v) is 2.61. The molecule has 4 nitrogen and oxygen atoms in total. The standard InChI is InChI=1S/C16H28N2O2/c1-5-15-11-19-13(4)8-18(15)9-16-6-14(10-20-16)7-17-12(2)3/h6,10,12-13,15,17H,5,7-9,11H2,1-4H3. The maximum Gasteiger partial charge on any atom is 0.118 e. The van der Waals surface area contributed by atoms with Crippen LogP contribution < -0.4 is 5.32 Å². The number of hydrogen-bond donors (Lipinski definition) is 1. The minimum atomic E-state index is 0.315. The molecule has 1 aliphatic heterocycles. The Morgan fingerprint density at radius 3 is 2.95 bits per heavy atom. The molecular formula is C16H28N2O2. The molecular weight excluding hydrogens is 252 g/mol. The van der Waals surface area contributed by atoms with Crippen molar-refractivity contribution in [3.05, 3.63) is 23.7 Å². The molecule has 1 aromatic heterocycles. The number of morpholine rings is 1. The van der Waals surface area contributed by atoms with E-state index in [0.29, 0.717) is 18.2 Å². The highest BCUT2D eigenvalue weighted by molar-refractivity contribution is 5.13. The lowest BCUT2D eigenvalue weighted by Gasteiger charge is -2.37. The van der Waals surface area contributed by atoms with Crippen LogP contribution in [0.4, 0.5) is 0 Å². The van der Waals surface area contributed by atoms with E-state index >= 15 is 0 Å². The zero-order valence-electron chi connectivity index (χ0n) is 13.2. The molecule has 0 spiro atoms. The molecule has 1 saturated heterocycles. The van der Waals surface area contributed by atoms with Gasteiger partial charge in [0.2, 0.25) is 0 Å². The SMILES string of the molecule is CCC1COC(C)CN1Cc1cc(CNC(C)C)co1. The van der Waals surface area contributed by atoms with Crippen LogP contribution in [0.5, 0.6) is 0 Å². The van der Waals surface area contributed by atoms with Crippen molar-refractivity contribution < 1.29 is 9.15 Å². The molecule has 1 N–H and O–H groups in total. The Morgan fingerprint density at radius 2 is 2.25 bits per heavy atom. The second-order valence-electron chi connectivity index (χ2n) is 6.09. The summed E-state index contributed by atoms with van der Waals surface area (Å²) >= 11 is 0. The van der Waals surface area contributed by atoms with Gasteiger partial charge in [0.05, 0.1) is 25.5 Å². The van der Waals surface area contributed by atoms with Crippen molar-refractivity contribution >= 4 is 0 Å². The predicted molar refractivity (Wildman–Crippen MR) is 80.6 cm³/mol. The van der Waals surface area contributed by atoms with Gasteiger partial charge in [-0.2, -0.15) is 0 Å². The highest BCUT2D eigenvalue weighted by atomic mass is 16.5. The number of nitrogens with one attached hydrogen (secondary N) is 1. The van der Waals surface area contributed by atoms with Gasteiger partial charge in [-0.15, -0.1) is 0 Å². The van der Waals surface area contributed by atoms with Gasteiger partial charge in [0.15, 0.2) is 0 Å². The second-order valence-corrected chi connectivity index (χ2v) is 6.09. The van der Waals surface area contributed by atoms with E-state index in [1.165, 1.54) is 5.56 Å². The monoisotopic (exact) mass is 280 g/mol. The molecule has 1 aliphatic rings. The Labute approximate surface area is 122 Å². The first-order chi connectivity index (χ1) is 9.58. The molecule has 0 aliphatic carbocycles. The molecule has 1 aromatic rings. The van der Waals surface area contributed by atoms with Crippen LogP contribution in [-0.4, -0.2) is 36.2 Å². The van der Waals surface area contributed by atoms with Crippen molar-refractivity contribution in [2.45, 2.75) is 65.4 Å². The lowest BCUT2D eigenvalue weighted by Crippen LogP contribution is -2.47. The van der Waals surface area contributed by atoms with Crippen LogP contribution in [0.2, 0.25) is 0 Å². The fraction of sp³-hybridized carbons (Fsp3) is 0.750. The molecule has 0 amide bonds. The van der Waals surface area contributed by atoms with E-state index in [9.17, 15) is 0 Å². The van der Waals surface area contributed by atoms with Crippen LogP contribution in [0.25, 0.3) is 0 Å². The molecule has 2 rings (SSSR count). The molecule has 1 fully saturated rings. The lowest BCUT2D eigenvalue weighted by molar-refractivity contribution is -0.0610. The highest BCUT2D eigenvalue weighted by Gasteiger charge is 2.26. The third-order valence-corrected chi connectivity index (χ3v) is 3.83. The molecule has 0 aromatic carbocycles. The van der Waals surface area contributed by atoms with Gasteiger partial charge in [-0.1, -0.05) is 20.8 Å². The van der Waals surface area contributed by atoms with Gasteiger partial charge in [-0.25, -0.2) is 0 Å². The number of hydrogen-bond acceptors (Lipinski definition) is 4. The van der Waals surface area contributed by atoms with E-state index in [4.69, 9.17) is 9.15 Å². The van der Waals surface area contributed by atoms with Gasteiger partial charge >= 0.3 is 0 Å². The van der Waals surface area contributed by atoms with E-state index in [-0.39, 0.29) is 0 Å². The summed E-state index contributed by atoms with van der Waals surface area (Å²) in [7, 11) is 0. The van der Waals surface area contributed by atoms with Crippen LogP contribution >= 0.6 is 0 Å². The summed E-state index contributed by atoms with van der Waals surface area (Å²) in [6.07, 6.45) is 3.31. The van der Waals surface area contributed by atoms with Crippen LogP contribution in [0.15, 0.2) is 16.7 Å². The minimum absolute atomic E-state index is 0.315. The van der Waals surface area contributed by atoms with Crippen molar-refractivity contribution in [1.82, 2.24) is 10.2 Å². The summed E-state index contributed by atoms with van der Waals surface area (Å²) in [5.74, 6) is 1.05. The van der Waals surface area contributed by atoms with Crippen molar-refractivity contribution in [3.63, 3.8) is 0 Å². The summed E-state index contributed by atoms with van der Waals surface area (Å²) in [6.45, 7) is 12.2. The first-order valence-electron chi connectivity index (χ1n) is 7.73. The Bertz CT molecular complexity index is 403. The highest BCUT2D eigenvalue weighted by Crippen LogP contribution is 2.19. The zero-order valence-corrected chi connectivity index (χ0v) is 13.2. The average Bonchev–Trinajstić information content (AvgIpc) is 2.84. The first kappa shape index (κ1) is 15.5. The van der Waals surface area contributed by atoms with Gasteiger partial charge in [0, 0.05) is 30.7 Å². The maximum absolute atomic E-state index is 5.74. The van der Waals surface area contributed by atoms with Crippen LogP contribution in [0.3, 0.4) is 0 Å². The molecule has 20 heavy (non-hydrogen) atoms. The summed E-state index contributed by atoms with van der Waals surface area (Å²) in [5, 5.41) is 3.41. The summed E-state index contributed by atoms with van der Waals surface area (Å²) in [4.78, 5) is 2.48. The molecule has 2 atom stereocenters. The Kier molecular flexibility index (Phi) is 5.64. The van der Waals surface area contributed by atoms with E-state index in [0.717, 1.165) is 38.4 Å². The molecule has 0 bridgehead atoms. The predicted octanol–water partition coefficient (Wildman–Crippen LogP) is 2.78. The smallest absolute Gasteiger partial charge is 0.118 e. The summed E-state index contributed by atoms with van der Waals surface area (Å²) in [5.41, 5.74) is 1.23. The van der Waals surface area contributed by atoms with Crippen LogP contribution in [-0.2, 0) is 17.8 Å². The van der Waals surface area contributed by atoms with Crippen molar-refractivity contribution in [1.29, 1.82) is 0 Å². The Hall–Kier alpha value is -0.840. The van der Waals surface area contributed by atoms with Gasteiger partial charge in [0.25, 0.3) is 0 Å². The minimum Gasteiger partial charge on any atom is -0.468 e. The number of nitrogens with zero attached hydrogens (tertiary/aromatic N) is 1. The number of rotatable bonds is 6. The van der Waals surface area contributed by atoms with E-state index in [2.05, 4.69) is 44.0 Å². The van der Waals surface area contributed by atoms with Crippen molar-refractivity contribution in [2.75, 3.05) is 13.2 Å². The van der Waals surface area contributed by atoms with Crippen LogP contribution in [0, 0.1) is 0 Å². The maximum atomic E-state index is 5.74. The molecule has 114 valence electrons. The van der Waals surface area contributed by atoms with Crippen molar-refractivity contribution in [2.24, 2.45) is 0 Å². The Balaban J connectivity index is 1.91. The normalized spacial score (nSPS) is 24.4. The molecule has 0 radical (unpaired) electrons. The molecule has 2 unspecified atom stereocenters. The van der Waals surface area contributed by atoms with Gasteiger partial charge in [-0.05, 0) is 19.4 Å². The zero-order chi connectivity index (χ0) is 14.5. The number of ether oxygens (including phenoxy) is 1. The summed E-state index contributed by atoms with van der Waals surface area (Å²) < 4.78 is 11.4.